The van der Waals surface area contributed by atoms with Crippen molar-refractivity contribution in [1.82, 2.24) is 10.3 Å². The first-order valence-corrected chi connectivity index (χ1v) is 10.2. The molecular formula is C22H22N2O2S. The molecule has 1 atom stereocenters. The minimum absolute atomic E-state index is 0.121. The van der Waals surface area contributed by atoms with Gasteiger partial charge in [-0.3, -0.25) is 4.79 Å². The molecule has 0 bridgehead atoms. The van der Waals surface area contributed by atoms with E-state index in [1.54, 1.807) is 23.9 Å². The van der Waals surface area contributed by atoms with E-state index in [4.69, 9.17) is 0 Å². The van der Waals surface area contributed by atoms with E-state index in [-0.39, 0.29) is 17.6 Å². The predicted molar refractivity (Wildman–Crippen MR) is 112 cm³/mol. The van der Waals surface area contributed by atoms with E-state index in [1.165, 1.54) is 11.1 Å². The van der Waals surface area contributed by atoms with Gasteiger partial charge in [-0.15, -0.1) is 11.8 Å². The quantitative estimate of drug-likeness (QED) is 0.604. The summed E-state index contributed by atoms with van der Waals surface area (Å²) >= 11 is 1.62. The number of hydrogen-bond acceptors (Lipinski definition) is 4. The average molecular weight is 378 g/mol. The number of fused-ring (bicyclic) bond motifs is 1. The Labute approximate surface area is 162 Å². The maximum absolute atomic E-state index is 12.7. The van der Waals surface area contributed by atoms with Crippen LogP contribution in [0.15, 0.2) is 60.8 Å². The maximum atomic E-state index is 12.7. The molecule has 0 spiro atoms. The third-order valence-electron chi connectivity index (χ3n) is 4.92. The Morgan fingerprint density at radius 2 is 2.04 bits per heavy atom. The second-order valence-electron chi connectivity index (χ2n) is 6.76. The molecule has 5 heteroatoms. The molecule has 0 radical (unpaired) electrons. The third-order valence-corrected chi connectivity index (χ3v) is 5.93. The lowest BCUT2D eigenvalue weighted by Crippen LogP contribution is -2.40. The number of Topliss-reactive ketones (excluding diaryl/α,β-unsaturated/α-hetero) is 1. The molecule has 2 aromatic carbocycles. The lowest BCUT2D eigenvalue weighted by Gasteiger charge is -2.23. The van der Waals surface area contributed by atoms with E-state index in [9.17, 15) is 9.90 Å². The molecule has 27 heavy (non-hydrogen) atoms. The molecule has 0 aliphatic carbocycles. The van der Waals surface area contributed by atoms with Crippen molar-refractivity contribution in [3.05, 3.63) is 71.9 Å². The molecular weight excluding hydrogens is 356 g/mol. The van der Waals surface area contributed by atoms with Gasteiger partial charge in [-0.25, -0.2) is 0 Å². The van der Waals surface area contributed by atoms with Crippen LogP contribution in [0.3, 0.4) is 0 Å². The number of aromatic hydroxyl groups is 1. The van der Waals surface area contributed by atoms with Crippen molar-refractivity contribution < 1.29 is 9.90 Å². The number of carbonyl (C=O) groups excluding carboxylic acids is 1. The molecule has 138 valence electrons. The normalized spacial score (nSPS) is 17.0. The summed E-state index contributed by atoms with van der Waals surface area (Å²) in [7, 11) is 0. The van der Waals surface area contributed by atoms with Crippen molar-refractivity contribution in [2.75, 3.05) is 12.3 Å². The molecule has 2 heterocycles. The molecule has 1 unspecified atom stereocenters. The topological polar surface area (TPSA) is 65.1 Å². The number of phenols is 1. The third kappa shape index (κ3) is 4.10. The highest BCUT2D eigenvalue weighted by atomic mass is 32.2. The number of nitrogens with one attached hydrogen (secondary N) is 2. The second-order valence-corrected chi connectivity index (χ2v) is 7.75. The first kappa shape index (κ1) is 17.9. The minimum Gasteiger partial charge on any atom is -0.508 e. The summed E-state index contributed by atoms with van der Waals surface area (Å²) in [6.07, 6.45) is 4.87. The Morgan fingerprint density at radius 3 is 2.89 bits per heavy atom. The van der Waals surface area contributed by atoms with Crippen LogP contribution in [0, 0.1) is 0 Å². The van der Waals surface area contributed by atoms with Crippen LogP contribution in [0.25, 0.3) is 16.5 Å². The number of phenolic OH excluding ortho intramolecular Hbond substituents is 1. The fourth-order valence-corrected chi connectivity index (χ4v) is 4.43. The second kappa shape index (κ2) is 8.03. The highest BCUT2D eigenvalue weighted by molar-refractivity contribution is 7.99. The average Bonchev–Trinajstić information content (AvgIpc) is 3.11. The van der Waals surface area contributed by atoms with Crippen LogP contribution in [0.1, 0.15) is 17.5 Å². The Kier molecular flexibility index (Phi) is 5.32. The van der Waals surface area contributed by atoms with Gasteiger partial charge in [-0.05, 0) is 41.3 Å². The van der Waals surface area contributed by atoms with E-state index >= 15 is 0 Å². The number of benzene rings is 2. The zero-order valence-corrected chi connectivity index (χ0v) is 15.8. The highest BCUT2D eigenvalue weighted by Gasteiger charge is 2.22. The van der Waals surface area contributed by atoms with Gasteiger partial charge in [0.25, 0.3) is 0 Å². The summed E-state index contributed by atoms with van der Waals surface area (Å²) in [5, 5.41) is 14.0. The van der Waals surface area contributed by atoms with Crippen molar-refractivity contribution in [2.24, 2.45) is 0 Å². The molecule has 1 aromatic heterocycles. The van der Waals surface area contributed by atoms with E-state index in [0.29, 0.717) is 5.75 Å². The molecule has 0 saturated heterocycles. The van der Waals surface area contributed by atoms with Gasteiger partial charge in [0.2, 0.25) is 0 Å². The van der Waals surface area contributed by atoms with Gasteiger partial charge in [-0.2, -0.15) is 0 Å². The van der Waals surface area contributed by atoms with Gasteiger partial charge in [0.15, 0.2) is 5.78 Å². The molecule has 0 fully saturated rings. The number of ketones is 1. The molecule has 1 aliphatic rings. The monoisotopic (exact) mass is 378 g/mol. The van der Waals surface area contributed by atoms with E-state index in [0.717, 1.165) is 35.2 Å². The van der Waals surface area contributed by atoms with Crippen molar-refractivity contribution in [1.29, 1.82) is 0 Å². The molecule has 0 saturated carbocycles. The Balaban J connectivity index is 1.34. The minimum atomic E-state index is -0.121. The van der Waals surface area contributed by atoms with Gasteiger partial charge in [-0.1, -0.05) is 36.4 Å². The molecule has 3 N–H and O–H groups in total. The predicted octanol–water partition coefficient (Wildman–Crippen LogP) is 4.12. The number of thioether (sulfide) groups is 1. The molecule has 4 nitrogen and oxygen atoms in total. The summed E-state index contributed by atoms with van der Waals surface area (Å²) in [6, 6.07) is 15.5. The SMILES string of the molecule is O=C(CSCc1c[nH]c2ccc(O)cc12)C1CC(c2ccccc2)=CCN1. The number of aromatic amines is 1. The standard InChI is InChI=1S/C22H22N2O2S/c25-18-6-7-20-19(11-18)17(12-24-20)13-27-14-22(26)21-10-16(8-9-23-21)15-4-2-1-3-5-15/h1-8,11-12,21,23-25H,9-10,13-14H2. The smallest absolute Gasteiger partial charge is 0.159 e. The van der Waals surface area contributed by atoms with Crippen LogP contribution in [0.4, 0.5) is 0 Å². The summed E-state index contributed by atoms with van der Waals surface area (Å²) < 4.78 is 0. The van der Waals surface area contributed by atoms with Gasteiger partial charge in [0.1, 0.15) is 5.75 Å². The van der Waals surface area contributed by atoms with Crippen molar-refractivity contribution >= 4 is 34.0 Å². The number of H-pyrrole nitrogens is 1. The fourth-order valence-electron chi connectivity index (χ4n) is 3.46. The molecule has 0 amide bonds. The maximum Gasteiger partial charge on any atom is 0.159 e. The summed E-state index contributed by atoms with van der Waals surface area (Å²) in [6.45, 7) is 0.729. The van der Waals surface area contributed by atoms with Gasteiger partial charge in [0, 0.05) is 29.4 Å². The van der Waals surface area contributed by atoms with Gasteiger partial charge < -0.3 is 15.4 Å². The lowest BCUT2D eigenvalue weighted by molar-refractivity contribution is -0.118. The molecule has 3 aromatic rings. The van der Waals surface area contributed by atoms with Crippen molar-refractivity contribution in [2.45, 2.75) is 18.2 Å². The van der Waals surface area contributed by atoms with Crippen molar-refractivity contribution in [3.63, 3.8) is 0 Å². The highest BCUT2D eigenvalue weighted by Crippen LogP contribution is 2.27. The van der Waals surface area contributed by atoms with E-state index in [2.05, 4.69) is 28.5 Å². The van der Waals surface area contributed by atoms with Gasteiger partial charge in [0.05, 0.1) is 11.8 Å². The largest absolute Gasteiger partial charge is 0.508 e. The van der Waals surface area contributed by atoms with Crippen LogP contribution >= 0.6 is 11.8 Å². The summed E-state index contributed by atoms with van der Waals surface area (Å²) in [4.78, 5) is 15.9. The number of hydrogen-bond donors (Lipinski definition) is 3. The number of rotatable bonds is 6. The van der Waals surface area contributed by atoms with Crippen LogP contribution in [0.2, 0.25) is 0 Å². The van der Waals surface area contributed by atoms with E-state index < -0.39 is 0 Å². The van der Waals surface area contributed by atoms with Crippen LogP contribution in [-0.4, -0.2) is 34.2 Å². The van der Waals surface area contributed by atoms with Crippen LogP contribution in [-0.2, 0) is 10.5 Å². The first-order valence-electron chi connectivity index (χ1n) is 9.08. The fraction of sp³-hybridized carbons (Fsp3) is 0.227. The molecule has 1 aliphatic heterocycles. The van der Waals surface area contributed by atoms with Crippen molar-refractivity contribution in [3.8, 4) is 5.75 Å². The molecule has 4 rings (SSSR count). The van der Waals surface area contributed by atoms with Crippen LogP contribution in [0.5, 0.6) is 5.75 Å². The summed E-state index contributed by atoms with van der Waals surface area (Å²) in [5.74, 6) is 1.72. The summed E-state index contributed by atoms with van der Waals surface area (Å²) in [5.41, 5.74) is 4.55. The Hall–Kier alpha value is -2.50. The lowest BCUT2D eigenvalue weighted by atomic mass is 9.94. The van der Waals surface area contributed by atoms with E-state index in [1.807, 2.05) is 30.5 Å². The van der Waals surface area contributed by atoms with Gasteiger partial charge >= 0.3 is 0 Å². The zero-order chi connectivity index (χ0) is 18.6. The van der Waals surface area contributed by atoms with Crippen LogP contribution < -0.4 is 5.32 Å². The Bertz CT molecular complexity index is 978. The zero-order valence-electron chi connectivity index (χ0n) is 14.9. The Morgan fingerprint density at radius 1 is 1.19 bits per heavy atom. The first-order chi connectivity index (χ1) is 13.2. The number of carbonyl (C=O) groups is 1. The number of aromatic nitrogens is 1.